The van der Waals surface area contributed by atoms with Crippen molar-refractivity contribution < 1.29 is 24.2 Å². The van der Waals surface area contributed by atoms with E-state index in [4.69, 9.17) is 9.47 Å². The van der Waals surface area contributed by atoms with Gasteiger partial charge in [-0.15, -0.1) is 0 Å². The van der Waals surface area contributed by atoms with Crippen LogP contribution in [0, 0.1) is 0 Å². The molecule has 0 unspecified atom stereocenters. The van der Waals surface area contributed by atoms with Crippen molar-refractivity contribution in [1.82, 2.24) is 0 Å². The lowest BCUT2D eigenvalue weighted by atomic mass is 9.88. The molecule has 0 saturated carbocycles. The van der Waals surface area contributed by atoms with E-state index in [1.807, 2.05) is 26.0 Å². The van der Waals surface area contributed by atoms with Crippen LogP contribution in [0.2, 0.25) is 0 Å². The molecular weight excluding hydrogens is 344 g/mol. The fourth-order valence-corrected chi connectivity index (χ4v) is 3.35. The molecule has 1 aliphatic carbocycles. The normalized spacial score (nSPS) is 34.2. The van der Waals surface area contributed by atoms with Crippen LogP contribution in [-0.2, 0) is 19.1 Å². The van der Waals surface area contributed by atoms with Gasteiger partial charge in [-0.05, 0) is 51.2 Å². The number of aliphatic hydroxyl groups excluding tert-OH is 1. The topological polar surface area (TPSA) is 72.8 Å². The van der Waals surface area contributed by atoms with E-state index in [1.165, 1.54) is 6.92 Å². The predicted molar refractivity (Wildman–Crippen MR) is 104 cm³/mol. The minimum atomic E-state index is -1.01. The first kappa shape index (κ1) is 21.2. The first-order chi connectivity index (χ1) is 12.6. The van der Waals surface area contributed by atoms with Gasteiger partial charge in [0, 0.05) is 19.8 Å². The molecule has 1 heterocycles. The Morgan fingerprint density at radius 2 is 2.04 bits per heavy atom. The number of carbonyl (C=O) groups is 2. The highest BCUT2D eigenvalue weighted by Gasteiger charge is 2.39. The van der Waals surface area contributed by atoms with E-state index in [9.17, 15) is 14.7 Å². The molecule has 0 radical (unpaired) electrons. The van der Waals surface area contributed by atoms with Gasteiger partial charge in [0.1, 0.15) is 11.7 Å². The van der Waals surface area contributed by atoms with E-state index in [1.54, 1.807) is 6.92 Å². The predicted octanol–water partition coefficient (Wildman–Crippen LogP) is 3.93. The van der Waals surface area contributed by atoms with E-state index in [0.717, 1.165) is 17.6 Å². The fraction of sp³-hybridized carbons (Fsp3) is 0.545. The maximum atomic E-state index is 12.5. The highest BCUT2D eigenvalue weighted by molar-refractivity contribution is 5.93. The fourth-order valence-electron chi connectivity index (χ4n) is 3.35. The minimum Gasteiger partial charge on any atom is -0.458 e. The molecule has 0 amide bonds. The van der Waals surface area contributed by atoms with E-state index in [0.29, 0.717) is 31.3 Å². The molecule has 5 nitrogen and oxygen atoms in total. The standard InChI is InChI=1S/C22H30O5/c1-14-7-6-8-15(2)19(26-17(4)23)13-18-11-12-22(5,20(24)10-9-14)27-21(25)16(18)3/h7-8,11,19-20,24H,3,6,9-10,12-13H2,1-2,4-5H3/b14-7+,15-8+/t19-,20-,22+/m1/s1. The summed E-state index contributed by atoms with van der Waals surface area (Å²) in [5, 5.41) is 10.7. The average molecular weight is 374 g/mol. The molecule has 1 aliphatic heterocycles. The van der Waals surface area contributed by atoms with Crippen molar-refractivity contribution in [2.75, 3.05) is 0 Å². The minimum absolute atomic E-state index is 0.250. The third-order valence-electron chi connectivity index (χ3n) is 5.36. The van der Waals surface area contributed by atoms with Gasteiger partial charge in [0.25, 0.3) is 0 Å². The van der Waals surface area contributed by atoms with Crippen molar-refractivity contribution in [3.05, 3.63) is 47.1 Å². The molecule has 3 atom stereocenters. The van der Waals surface area contributed by atoms with Crippen LogP contribution in [0.15, 0.2) is 47.1 Å². The molecule has 2 rings (SSSR count). The van der Waals surface area contributed by atoms with Crippen molar-refractivity contribution in [1.29, 1.82) is 0 Å². The Balaban J connectivity index is 2.45. The summed E-state index contributed by atoms with van der Waals surface area (Å²) in [5.41, 5.74) is 2.02. The SMILES string of the molecule is C=C1C(=O)O[C@@]2(C)CC=C1C[C@@H](OC(C)=O)/C(C)=C/C/C=C(\C)CC[C@H]2O. The molecule has 0 fully saturated rings. The van der Waals surface area contributed by atoms with E-state index < -0.39 is 23.8 Å². The first-order valence-corrected chi connectivity index (χ1v) is 9.41. The van der Waals surface area contributed by atoms with E-state index >= 15 is 0 Å². The smallest absolute Gasteiger partial charge is 0.338 e. The molecule has 1 N–H and O–H groups in total. The van der Waals surface area contributed by atoms with Crippen LogP contribution in [0.25, 0.3) is 0 Å². The molecule has 27 heavy (non-hydrogen) atoms. The lowest BCUT2D eigenvalue weighted by Gasteiger charge is -2.32. The molecule has 0 aromatic heterocycles. The molecule has 148 valence electrons. The molecule has 2 bridgehead atoms. The molecule has 0 aromatic carbocycles. The quantitative estimate of drug-likeness (QED) is 0.428. The number of hydrogen-bond donors (Lipinski definition) is 1. The molecule has 5 heteroatoms. The zero-order valence-corrected chi connectivity index (χ0v) is 16.7. The second-order valence-corrected chi connectivity index (χ2v) is 7.71. The zero-order valence-electron chi connectivity index (χ0n) is 16.7. The Labute approximate surface area is 161 Å². The second kappa shape index (κ2) is 8.70. The molecule has 0 spiro atoms. The maximum Gasteiger partial charge on any atom is 0.338 e. The summed E-state index contributed by atoms with van der Waals surface area (Å²) in [6.45, 7) is 10.9. The lowest BCUT2D eigenvalue weighted by molar-refractivity contribution is -0.164. The largest absolute Gasteiger partial charge is 0.458 e. The lowest BCUT2D eigenvalue weighted by Crippen LogP contribution is -2.43. The van der Waals surface area contributed by atoms with Crippen LogP contribution >= 0.6 is 0 Å². The van der Waals surface area contributed by atoms with Gasteiger partial charge < -0.3 is 14.6 Å². The van der Waals surface area contributed by atoms with Crippen LogP contribution in [0.4, 0.5) is 0 Å². The van der Waals surface area contributed by atoms with E-state index in [2.05, 4.69) is 12.7 Å². The monoisotopic (exact) mass is 374 g/mol. The van der Waals surface area contributed by atoms with Crippen molar-refractivity contribution in [3.63, 3.8) is 0 Å². The summed E-state index contributed by atoms with van der Waals surface area (Å²) in [5.74, 6) is -0.908. The number of hydrogen-bond acceptors (Lipinski definition) is 5. The summed E-state index contributed by atoms with van der Waals surface area (Å²) >= 11 is 0. The van der Waals surface area contributed by atoms with Crippen LogP contribution in [0.5, 0.6) is 0 Å². The molecule has 0 saturated heterocycles. The summed E-state index contributed by atoms with van der Waals surface area (Å²) in [6, 6.07) is 0. The number of aliphatic hydroxyl groups is 1. The highest BCUT2D eigenvalue weighted by atomic mass is 16.6. The van der Waals surface area contributed by atoms with Gasteiger partial charge >= 0.3 is 11.9 Å². The van der Waals surface area contributed by atoms with Gasteiger partial charge in [0.2, 0.25) is 0 Å². The summed E-state index contributed by atoms with van der Waals surface area (Å²) in [4.78, 5) is 24.1. The van der Waals surface area contributed by atoms with Crippen molar-refractivity contribution in [2.24, 2.45) is 0 Å². The van der Waals surface area contributed by atoms with Crippen molar-refractivity contribution in [2.45, 2.75) is 77.6 Å². The molecule has 2 aliphatic rings. The Morgan fingerprint density at radius 3 is 2.70 bits per heavy atom. The van der Waals surface area contributed by atoms with Gasteiger partial charge in [0.15, 0.2) is 0 Å². The van der Waals surface area contributed by atoms with Crippen LogP contribution in [0.1, 0.15) is 59.8 Å². The molecular formula is C22H30O5. The second-order valence-electron chi connectivity index (χ2n) is 7.71. The van der Waals surface area contributed by atoms with E-state index in [-0.39, 0.29) is 11.5 Å². The highest BCUT2D eigenvalue weighted by Crippen LogP contribution is 2.34. The number of allylic oxidation sites excluding steroid dienone is 3. The number of fused-ring (bicyclic) bond motifs is 2. The first-order valence-electron chi connectivity index (χ1n) is 9.41. The third-order valence-corrected chi connectivity index (χ3v) is 5.36. The van der Waals surface area contributed by atoms with Gasteiger partial charge in [-0.25, -0.2) is 4.79 Å². The Kier molecular flexibility index (Phi) is 6.82. The van der Waals surface area contributed by atoms with Crippen LogP contribution < -0.4 is 0 Å². The number of rotatable bonds is 1. The van der Waals surface area contributed by atoms with Crippen LogP contribution in [0.3, 0.4) is 0 Å². The average Bonchev–Trinajstić information content (AvgIpc) is 2.70. The maximum absolute atomic E-state index is 12.5. The molecule has 0 aromatic rings. The zero-order chi connectivity index (χ0) is 20.2. The Bertz CT molecular complexity index is 712. The van der Waals surface area contributed by atoms with Gasteiger partial charge in [-0.3, -0.25) is 4.79 Å². The Hall–Kier alpha value is -2.14. The Morgan fingerprint density at radius 1 is 1.33 bits per heavy atom. The third kappa shape index (κ3) is 5.42. The number of esters is 2. The summed E-state index contributed by atoms with van der Waals surface area (Å²) in [7, 11) is 0. The van der Waals surface area contributed by atoms with Gasteiger partial charge in [-0.1, -0.05) is 30.4 Å². The van der Waals surface area contributed by atoms with Crippen molar-refractivity contribution >= 4 is 11.9 Å². The van der Waals surface area contributed by atoms with Crippen LogP contribution in [-0.4, -0.2) is 34.9 Å². The summed E-state index contributed by atoms with van der Waals surface area (Å²) < 4.78 is 11.1. The van der Waals surface area contributed by atoms with Crippen molar-refractivity contribution in [3.8, 4) is 0 Å². The van der Waals surface area contributed by atoms with Gasteiger partial charge in [0.05, 0.1) is 11.7 Å². The van der Waals surface area contributed by atoms with Gasteiger partial charge in [-0.2, -0.15) is 0 Å². The summed E-state index contributed by atoms with van der Waals surface area (Å²) in [6.07, 6.45) is 7.45. The number of ether oxygens (including phenoxy) is 2. The number of carbonyl (C=O) groups excluding carboxylic acids is 2.